The molecule has 17 heavy (non-hydrogen) atoms. The molecule has 0 aliphatic carbocycles. The Morgan fingerprint density at radius 3 is 2.18 bits per heavy atom. The zero-order valence-electron chi connectivity index (χ0n) is 11.5. The van der Waals surface area contributed by atoms with Gasteiger partial charge in [0.15, 0.2) is 0 Å². The molecule has 0 amide bonds. The van der Waals surface area contributed by atoms with Crippen LogP contribution in [0.1, 0.15) is 42.5 Å². The Morgan fingerprint density at radius 1 is 1.12 bits per heavy atom. The van der Waals surface area contributed by atoms with Gasteiger partial charge in [0.05, 0.1) is 0 Å². The van der Waals surface area contributed by atoms with Crippen LogP contribution in [0.25, 0.3) is 0 Å². The van der Waals surface area contributed by atoms with Crippen molar-refractivity contribution in [1.82, 2.24) is 5.32 Å². The molecule has 0 radical (unpaired) electrons. The molecule has 0 fully saturated rings. The van der Waals surface area contributed by atoms with Crippen LogP contribution >= 0.6 is 0 Å². The van der Waals surface area contributed by atoms with E-state index in [0.29, 0.717) is 0 Å². The van der Waals surface area contributed by atoms with Crippen molar-refractivity contribution in [2.75, 3.05) is 13.6 Å². The van der Waals surface area contributed by atoms with E-state index in [4.69, 9.17) is 0 Å². The minimum Gasteiger partial charge on any atom is -0.319 e. The van der Waals surface area contributed by atoms with Crippen LogP contribution in [0.4, 0.5) is 0 Å². The lowest BCUT2D eigenvalue weighted by Crippen LogP contribution is -2.06. The summed E-state index contributed by atoms with van der Waals surface area (Å²) >= 11 is 0. The average molecular weight is 229 g/mol. The summed E-state index contributed by atoms with van der Waals surface area (Å²) in [7, 11) is 1.96. The second-order valence-electron chi connectivity index (χ2n) is 4.32. The number of benzene rings is 1. The first kappa shape index (κ1) is 13.8. The van der Waals surface area contributed by atoms with Gasteiger partial charge in [-0.3, -0.25) is 0 Å². The Labute approximate surface area is 106 Å². The first-order valence-corrected chi connectivity index (χ1v) is 6.48. The summed E-state index contributed by atoms with van der Waals surface area (Å²) in [6.45, 7) is 7.53. The van der Waals surface area contributed by atoms with Gasteiger partial charge in [0.25, 0.3) is 0 Å². The van der Waals surface area contributed by atoms with E-state index in [9.17, 15) is 0 Å². The second kappa shape index (κ2) is 7.14. The summed E-state index contributed by atoms with van der Waals surface area (Å²) in [5, 5.41) is 3.12. The maximum Gasteiger partial charge on any atom is 0.0309 e. The first-order valence-electron chi connectivity index (χ1n) is 6.48. The van der Waals surface area contributed by atoms with Crippen LogP contribution in [0, 0.1) is 18.8 Å². The van der Waals surface area contributed by atoms with E-state index < -0.39 is 0 Å². The topological polar surface area (TPSA) is 12.0 Å². The number of nitrogens with one attached hydrogen (secondary N) is 1. The van der Waals surface area contributed by atoms with Crippen LogP contribution in [-0.4, -0.2) is 13.6 Å². The molecule has 0 bridgehead atoms. The molecule has 1 aromatic carbocycles. The van der Waals surface area contributed by atoms with Crippen LogP contribution in [-0.2, 0) is 12.8 Å². The fourth-order valence-corrected chi connectivity index (χ4v) is 2.00. The van der Waals surface area contributed by atoms with Crippen molar-refractivity contribution < 1.29 is 0 Å². The van der Waals surface area contributed by atoms with Gasteiger partial charge in [0.1, 0.15) is 0 Å². The smallest absolute Gasteiger partial charge is 0.0309 e. The van der Waals surface area contributed by atoms with Crippen molar-refractivity contribution in [1.29, 1.82) is 0 Å². The van der Waals surface area contributed by atoms with Gasteiger partial charge >= 0.3 is 0 Å². The Morgan fingerprint density at radius 2 is 1.71 bits per heavy atom. The predicted octanol–water partition coefficient (Wildman–Crippen LogP) is 3.08. The van der Waals surface area contributed by atoms with Crippen LogP contribution in [0.2, 0.25) is 0 Å². The van der Waals surface area contributed by atoms with Crippen molar-refractivity contribution in [2.24, 2.45) is 0 Å². The van der Waals surface area contributed by atoms with E-state index in [-0.39, 0.29) is 0 Å². The van der Waals surface area contributed by atoms with Crippen molar-refractivity contribution >= 4 is 0 Å². The molecule has 0 aliphatic heterocycles. The van der Waals surface area contributed by atoms with E-state index in [1.807, 2.05) is 7.05 Å². The molecule has 1 aromatic rings. The van der Waals surface area contributed by atoms with Crippen LogP contribution in [0.15, 0.2) is 12.1 Å². The zero-order chi connectivity index (χ0) is 12.7. The Kier molecular flexibility index (Phi) is 5.80. The number of hydrogen-bond acceptors (Lipinski definition) is 1. The number of hydrogen-bond donors (Lipinski definition) is 1. The Bertz CT molecular complexity index is 396. The molecule has 0 unspecified atom stereocenters. The fraction of sp³-hybridized carbons (Fsp3) is 0.500. The maximum atomic E-state index is 3.36. The Balaban J connectivity index is 3.05. The molecule has 0 saturated carbocycles. The highest BCUT2D eigenvalue weighted by molar-refractivity contribution is 5.49. The van der Waals surface area contributed by atoms with Crippen molar-refractivity contribution in [3.63, 3.8) is 0 Å². The van der Waals surface area contributed by atoms with Crippen LogP contribution in [0.5, 0.6) is 0 Å². The van der Waals surface area contributed by atoms with E-state index >= 15 is 0 Å². The third-order valence-electron chi connectivity index (χ3n) is 2.92. The zero-order valence-corrected chi connectivity index (χ0v) is 11.5. The molecule has 0 spiro atoms. The maximum absolute atomic E-state index is 3.36. The summed E-state index contributed by atoms with van der Waals surface area (Å²) in [5.41, 5.74) is 5.38. The van der Waals surface area contributed by atoms with Gasteiger partial charge in [-0.1, -0.05) is 43.4 Å². The number of aryl methyl sites for hydroxylation is 3. The van der Waals surface area contributed by atoms with Gasteiger partial charge < -0.3 is 5.32 Å². The minimum atomic E-state index is 0.913. The highest BCUT2D eigenvalue weighted by Gasteiger charge is 2.04. The van der Waals surface area contributed by atoms with Crippen LogP contribution < -0.4 is 5.32 Å². The molecule has 1 N–H and O–H groups in total. The third kappa shape index (κ3) is 3.91. The lowest BCUT2D eigenvalue weighted by atomic mass is 9.95. The average Bonchev–Trinajstić information content (AvgIpc) is 2.35. The molecule has 0 aliphatic rings. The molecule has 0 saturated heterocycles. The van der Waals surface area contributed by atoms with Crippen molar-refractivity contribution in [3.05, 3.63) is 34.4 Å². The molecule has 0 aromatic heterocycles. The summed E-state index contributed by atoms with van der Waals surface area (Å²) < 4.78 is 0. The van der Waals surface area contributed by atoms with Gasteiger partial charge in [0.2, 0.25) is 0 Å². The molecular formula is C16H23N. The van der Waals surface area contributed by atoms with Crippen molar-refractivity contribution in [3.8, 4) is 11.8 Å². The molecule has 1 rings (SSSR count). The summed E-state index contributed by atoms with van der Waals surface area (Å²) in [4.78, 5) is 0. The summed E-state index contributed by atoms with van der Waals surface area (Å²) in [6.07, 6.45) is 3.03. The molecular weight excluding hydrogens is 206 g/mol. The molecule has 0 heterocycles. The standard InChI is InChI=1S/C16H23N/c1-5-14-11-13(3)12-15(6-2)16(14)9-7-8-10-17-4/h11-12,17H,5-6,8,10H2,1-4H3. The minimum absolute atomic E-state index is 0.913. The van der Waals surface area contributed by atoms with Gasteiger partial charge in [-0.25, -0.2) is 0 Å². The predicted molar refractivity (Wildman–Crippen MR) is 75.4 cm³/mol. The van der Waals surface area contributed by atoms with E-state index in [0.717, 1.165) is 25.8 Å². The SMILES string of the molecule is CCc1cc(C)cc(CC)c1C#CCCNC. The molecule has 1 nitrogen and oxygen atoms in total. The van der Waals surface area contributed by atoms with Gasteiger partial charge in [-0.2, -0.15) is 0 Å². The highest BCUT2D eigenvalue weighted by atomic mass is 14.8. The van der Waals surface area contributed by atoms with Crippen molar-refractivity contribution in [2.45, 2.75) is 40.0 Å². The molecule has 92 valence electrons. The second-order valence-corrected chi connectivity index (χ2v) is 4.32. The fourth-order valence-electron chi connectivity index (χ4n) is 2.00. The lowest BCUT2D eigenvalue weighted by Gasteiger charge is -2.09. The normalized spacial score (nSPS) is 9.88. The van der Waals surface area contributed by atoms with Gasteiger partial charge in [0, 0.05) is 18.5 Å². The molecule has 1 heteroatoms. The quantitative estimate of drug-likeness (QED) is 0.618. The van der Waals surface area contributed by atoms with Gasteiger partial charge in [-0.05, 0) is 37.9 Å². The first-order chi connectivity index (χ1) is 8.22. The van der Waals surface area contributed by atoms with E-state index in [1.54, 1.807) is 0 Å². The molecule has 0 atom stereocenters. The van der Waals surface area contributed by atoms with Crippen LogP contribution in [0.3, 0.4) is 0 Å². The summed E-state index contributed by atoms with van der Waals surface area (Å²) in [5.74, 6) is 6.61. The highest BCUT2D eigenvalue weighted by Crippen LogP contribution is 2.18. The van der Waals surface area contributed by atoms with E-state index in [1.165, 1.54) is 22.3 Å². The lowest BCUT2D eigenvalue weighted by molar-refractivity contribution is 0.818. The summed E-state index contributed by atoms with van der Waals surface area (Å²) in [6, 6.07) is 4.53. The number of rotatable bonds is 4. The third-order valence-corrected chi connectivity index (χ3v) is 2.92. The monoisotopic (exact) mass is 229 g/mol. The Hall–Kier alpha value is -1.26. The van der Waals surface area contributed by atoms with Gasteiger partial charge in [-0.15, -0.1) is 0 Å². The van der Waals surface area contributed by atoms with E-state index in [2.05, 4.69) is 50.1 Å². The largest absolute Gasteiger partial charge is 0.319 e.